The molecule has 0 bridgehead atoms. The molecule has 10 heteroatoms. The number of rotatable bonds is 4. The van der Waals surface area contributed by atoms with Gasteiger partial charge >= 0.3 is 0 Å². The highest BCUT2D eigenvalue weighted by Crippen LogP contribution is 2.24. The lowest BCUT2D eigenvalue weighted by Crippen LogP contribution is -2.44. The van der Waals surface area contributed by atoms with Crippen LogP contribution in [0.2, 0.25) is 0 Å². The fraction of sp³-hybridized carbons (Fsp3) is 0.350. The zero-order chi connectivity index (χ0) is 22.3. The van der Waals surface area contributed by atoms with E-state index in [2.05, 4.69) is 4.98 Å². The first-order chi connectivity index (χ1) is 14.3. The number of nitrogens with two attached hydrogens (primary N) is 1. The number of likely N-dealkylation sites (tertiary alicyclic amines) is 1. The molecule has 1 fully saturated rings. The molecule has 162 valence electrons. The highest BCUT2D eigenvalue weighted by atomic mass is 19.1. The molecule has 1 atom stereocenters. The Hall–Kier alpha value is -3.01. The van der Waals surface area contributed by atoms with E-state index in [9.17, 15) is 22.4 Å². The van der Waals surface area contributed by atoms with Gasteiger partial charge in [-0.25, -0.2) is 22.5 Å². The van der Waals surface area contributed by atoms with Crippen molar-refractivity contribution in [3.8, 4) is 0 Å². The standard InChI is InChI=1S/C19H19F4N3O.CH2O2/c20-13-1-2-15(22)12(7-13)8-17(24)11-3-5-26(6-4-11)19(27)18-16(23)9-14(21)10-25-18;2-1-3/h1-2,7,9-11,17H,3-6,8,24H2;1H,(H,2,3). The van der Waals surface area contributed by atoms with Crippen molar-refractivity contribution in [3.63, 3.8) is 0 Å². The number of halogens is 4. The molecular formula is C20H21F4N3O3. The van der Waals surface area contributed by atoms with Crippen LogP contribution in [0.1, 0.15) is 28.9 Å². The zero-order valence-corrected chi connectivity index (χ0v) is 15.9. The predicted octanol–water partition coefficient (Wildman–Crippen LogP) is 2.76. The molecule has 1 saturated heterocycles. The average molecular weight is 427 g/mol. The van der Waals surface area contributed by atoms with E-state index in [0.29, 0.717) is 32.0 Å². The van der Waals surface area contributed by atoms with Crippen LogP contribution in [-0.2, 0) is 11.2 Å². The zero-order valence-electron chi connectivity index (χ0n) is 15.9. The number of carboxylic acid groups (broad SMARTS) is 1. The number of aromatic nitrogens is 1. The van der Waals surface area contributed by atoms with Gasteiger partial charge < -0.3 is 15.7 Å². The Morgan fingerprint density at radius 2 is 1.80 bits per heavy atom. The van der Waals surface area contributed by atoms with Crippen molar-refractivity contribution >= 4 is 12.4 Å². The van der Waals surface area contributed by atoms with E-state index in [0.717, 1.165) is 24.4 Å². The number of pyridine rings is 1. The van der Waals surface area contributed by atoms with Crippen molar-refractivity contribution in [1.82, 2.24) is 9.88 Å². The van der Waals surface area contributed by atoms with E-state index in [4.69, 9.17) is 15.6 Å². The van der Waals surface area contributed by atoms with Gasteiger partial charge in [0.25, 0.3) is 12.4 Å². The van der Waals surface area contributed by atoms with Crippen LogP contribution >= 0.6 is 0 Å². The lowest BCUT2D eigenvalue weighted by Gasteiger charge is -2.34. The fourth-order valence-electron chi connectivity index (χ4n) is 3.37. The maximum absolute atomic E-state index is 13.8. The third-order valence-corrected chi connectivity index (χ3v) is 4.91. The quantitative estimate of drug-likeness (QED) is 0.578. The topological polar surface area (TPSA) is 96.5 Å². The molecule has 6 nitrogen and oxygen atoms in total. The van der Waals surface area contributed by atoms with Gasteiger partial charge in [-0.3, -0.25) is 9.59 Å². The third kappa shape index (κ3) is 5.99. The summed E-state index contributed by atoms with van der Waals surface area (Å²) >= 11 is 0. The van der Waals surface area contributed by atoms with Gasteiger partial charge in [-0.1, -0.05) is 0 Å². The Morgan fingerprint density at radius 1 is 1.17 bits per heavy atom. The van der Waals surface area contributed by atoms with Crippen LogP contribution in [0.25, 0.3) is 0 Å². The van der Waals surface area contributed by atoms with Crippen LogP contribution in [0, 0.1) is 29.2 Å². The molecule has 3 rings (SSSR count). The number of hydrogen-bond donors (Lipinski definition) is 2. The minimum absolute atomic E-state index is 0.0164. The van der Waals surface area contributed by atoms with Crippen molar-refractivity contribution in [2.24, 2.45) is 11.7 Å². The second-order valence-electron chi connectivity index (χ2n) is 6.82. The molecule has 1 aliphatic heterocycles. The summed E-state index contributed by atoms with van der Waals surface area (Å²) in [6, 6.07) is 3.49. The molecule has 0 spiro atoms. The maximum Gasteiger partial charge on any atom is 0.290 e. The lowest BCUT2D eigenvalue weighted by molar-refractivity contribution is -0.122. The first-order valence-electron chi connectivity index (χ1n) is 9.14. The first kappa shape index (κ1) is 23.3. The Labute approximate surface area is 170 Å². The van der Waals surface area contributed by atoms with E-state index >= 15 is 0 Å². The fourth-order valence-corrected chi connectivity index (χ4v) is 3.37. The van der Waals surface area contributed by atoms with Crippen LogP contribution in [0.3, 0.4) is 0 Å². The van der Waals surface area contributed by atoms with E-state index in [1.165, 1.54) is 4.90 Å². The summed E-state index contributed by atoms with van der Waals surface area (Å²) < 4.78 is 53.7. The van der Waals surface area contributed by atoms with Crippen molar-refractivity contribution in [1.29, 1.82) is 0 Å². The predicted molar refractivity (Wildman–Crippen MR) is 99.5 cm³/mol. The van der Waals surface area contributed by atoms with Crippen LogP contribution in [0.15, 0.2) is 30.5 Å². The monoisotopic (exact) mass is 427 g/mol. The van der Waals surface area contributed by atoms with Crippen molar-refractivity contribution in [2.45, 2.75) is 25.3 Å². The van der Waals surface area contributed by atoms with Gasteiger partial charge in [0.2, 0.25) is 0 Å². The van der Waals surface area contributed by atoms with Gasteiger partial charge in [0.1, 0.15) is 17.5 Å². The van der Waals surface area contributed by atoms with E-state index < -0.39 is 34.9 Å². The molecule has 1 amide bonds. The molecular weight excluding hydrogens is 406 g/mol. The number of piperidine rings is 1. The Kier molecular flexibility index (Phi) is 8.28. The summed E-state index contributed by atoms with van der Waals surface area (Å²) in [7, 11) is 0. The molecule has 1 aromatic carbocycles. The van der Waals surface area contributed by atoms with E-state index in [-0.39, 0.29) is 30.4 Å². The molecule has 0 radical (unpaired) electrons. The summed E-state index contributed by atoms with van der Waals surface area (Å²) in [4.78, 5) is 25.7. The van der Waals surface area contributed by atoms with Gasteiger partial charge in [0.05, 0.1) is 6.20 Å². The van der Waals surface area contributed by atoms with Crippen molar-refractivity contribution in [3.05, 3.63) is 65.0 Å². The second-order valence-corrected chi connectivity index (χ2v) is 6.82. The number of carbonyl (C=O) groups is 2. The number of carbonyl (C=O) groups excluding carboxylic acids is 1. The summed E-state index contributed by atoms with van der Waals surface area (Å²) in [6.45, 7) is 0.419. The smallest absolute Gasteiger partial charge is 0.290 e. The minimum atomic E-state index is -1.000. The van der Waals surface area contributed by atoms with Gasteiger partial charge in [0.15, 0.2) is 11.5 Å². The van der Waals surface area contributed by atoms with Crippen LogP contribution in [0.4, 0.5) is 17.6 Å². The summed E-state index contributed by atoms with van der Waals surface area (Å²) in [5.74, 6) is -3.46. The summed E-state index contributed by atoms with van der Waals surface area (Å²) in [5, 5.41) is 6.89. The molecule has 3 N–H and O–H groups in total. The molecule has 1 unspecified atom stereocenters. The molecule has 0 aliphatic carbocycles. The number of amides is 1. The Morgan fingerprint density at radius 3 is 2.40 bits per heavy atom. The lowest BCUT2D eigenvalue weighted by atomic mass is 9.86. The number of hydrogen-bond acceptors (Lipinski definition) is 4. The molecule has 1 aromatic heterocycles. The first-order valence-corrected chi connectivity index (χ1v) is 9.14. The van der Waals surface area contributed by atoms with E-state index in [1.807, 2.05) is 0 Å². The maximum atomic E-state index is 13.8. The van der Waals surface area contributed by atoms with E-state index in [1.54, 1.807) is 0 Å². The van der Waals surface area contributed by atoms with Crippen molar-refractivity contribution in [2.75, 3.05) is 13.1 Å². The molecule has 1 aliphatic rings. The summed E-state index contributed by atoms with van der Waals surface area (Å²) in [5.41, 5.74) is 5.97. The van der Waals surface area contributed by atoms with Gasteiger partial charge in [-0.05, 0) is 48.9 Å². The van der Waals surface area contributed by atoms with Gasteiger partial charge in [0, 0.05) is 25.2 Å². The average Bonchev–Trinajstić information content (AvgIpc) is 2.71. The highest BCUT2D eigenvalue weighted by molar-refractivity contribution is 5.92. The third-order valence-electron chi connectivity index (χ3n) is 4.91. The Balaban J connectivity index is 0.00000101. The van der Waals surface area contributed by atoms with Crippen molar-refractivity contribution < 1.29 is 32.3 Å². The van der Waals surface area contributed by atoms with Crippen LogP contribution in [0.5, 0.6) is 0 Å². The molecule has 30 heavy (non-hydrogen) atoms. The van der Waals surface area contributed by atoms with Gasteiger partial charge in [-0.2, -0.15) is 0 Å². The number of nitrogens with zero attached hydrogens (tertiary/aromatic N) is 2. The normalized spacial score (nSPS) is 15.2. The minimum Gasteiger partial charge on any atom is -0.483 e. The summed E-state index contributed by atoms with van der Waals surface area (Å²) in [6.07, 6.45) is 2.09. The molecule has 0 saturated carbocycles. The second kappa shape index (κ2) is 10.7. The largest absolute Gasteiger partial charge is 0.483 e. The van der Waals surface area contributed by atoms with Crippen LogP contribution < -0.4 is 5.73 Å². The Bertz CT molecular complexity index is 890. The van der Waals surface area contributed by atoms with Crippen LogP contribution in [-0.4, -0.2) is 46.5 Å². The SMILES string of the molecule is NC(Cc1cc(F)ccc1F)C1CCN(C(=O)c2ncc(F)cc2F)CC1.O=CO. The molecule has 2 heterocycles. The highest BCUT2D eigenvalue weighted by Gasteiger charge is 2.29. The number of benzene rings is 1. The van der Waals surface area contributed by atoms with Gasteiger partial charge in [-0.15, -0.1) is 0 Å². The molecule has 2 aromatic rings.